The van der Waals surface area contributed by atoms with Crippen LogP contribution in [0.15, 0.2) is 48.5 Å². The van der Waals surface area contributed by atoms with Gasteiger partial charge in [-0.1, -0.05) is 18.2 Å². The lowest BCUT2D eigenvalue weighted by Crippen LogP contribution is -2.55. The third-order valence-electron chi connectivity index (χ3n) is 6.17. The lowest BCUT2D eigenvalue weighted by Gasteiger charge is -2.35. The fraction of sp³-hybridized carbons (Fsp3) is 0.429. The molecular weight excluding hydrogens is 520 g/mol. The minimum atomic E-state index is -1.76. The molecule has 0 bridgehead atoms. The van der Waals surface area contributed by atoms with Gasteiger partial charge in [-0.25, -0.2) is 4.79 Å². The first-order chi connectivity index (χ1) is 19.0. The summed E-state index contributed by atoms with van der Waals surface area (Å²) >= 11 is 0. The Morgan fingerprint density at radius 1 is 1.05 bits per heavy atom. The van der Waals surface area contributed by atoms with Crippen LogP contribution in [-0.4, -0.2) is 79.6 Å². The minimum absolute atomic E-state index is 0.00418. The first kappa shape index (κ1) is 29.0. The van der Waals surface area contributed by atoms with Crippen molar-refractivity contribution in [2.24, 2.45) is 0 Å². The topological polar surface area (TPSA) is 147 Å². The second-order valence-corrected chi connectivity index (χ2v) is 10.4. The molecule has 214 valence electrons. The number of aliphatic hydroxyl groups excluding tert-OH is 1. The maximum Gasteiger partial charge on any atom is 0.407 e. The van der Waals surface area contributed by atoms with Crippen molar-refractivity contribution in [2.75, 3.05) is 48.0 Å². The summed E-state index contributed by atoms with van der Waals surface area (Å²) in [7, 11) is 0. The average Bonchev–Trinajstić information content (AvgIpc) is 2.92. The fourth-order valence-corrected chi connectivity index (χ4v) is 4.26. The van der Waals surface area contributed by atoms with Crippen LogP contribution in [0.5, 0.6) is 0 Å². The van der Waals surface area contributed by atoms with Crippen molar-refractivity contribution < 1.29 is 38.5 Å². The number of aliphatic hydroxyl groups is 1. The van der Waals surface area contributed by atoms with Crippen LogP contribution in [-0.2, 0) is 35.1 Å². The van der Waals surface area contributed by atoms with Gasteiger partial charge < -0.3 is 39.8 Å². The van der Waals surface area contributed by atoms with Gasteiger partial charge in [0.15, 0.2) is 12.2 Å². The highest BCUT2D eigenvalue weighted by atomic mass is 16.6. The molecule has 0 spiro atoms. The molecule has 2 fully saturated rings. The predicted molar refractivity (Wildman–Crippen MR) is 146 cm³/mol. The Hall–Kier alpha value is -4.00. The van der Waals surface area contributed by atoms with Crippen LogP contribution in [0.1, 0.15) is 26.3 Å². The first-order valence-corrected chi connectivity index (χ1v) is 13.0. The summed E-state index contributed by atoms with van der Waals surface area (Å²) in [4.78, 5) is 53.1. The minimum Gasteiger partial charge on any atom is -0.444 e. The number of alkyl carbamates (subject to hydrolysis) is 1. The van der Waals surface area contributed by atoms with E-state index >= 15 is 0 Å². The maximum absolute atomic E-state index is 13.3. The Balaban J connectivity index is 1.35. The molecule has 0 aliphatic carbocycles. The first-order valence-electron chi connectivity index (χ1n) is 13.0. The Bertz CT molecular complexity index is 1240. The molecule has 12 nitrogen and oxygen atoms in total. The van der Waals surface area contributed by atoms with E-state index < -0.39 is 35.7 Å². The van der Waals surface area contributed by atoms with E-state index in [1.54, 1.807) is 74.2 Å². The molecule has 4 rings (SSSR count). The number of hydrogen-bond acceptors (Lipinski definition) is 8. The number of morpholine rings is 2. The molecule has 0 radical (unpaired) electrons. The molecule has 2 aliphatic rings. The van der Waals surface area contributed by atoms with E-state index in [1.807, 2.05) is 0 Å². The smallest absolute Gasteiger partial charge is 0.407 e. The van der Waals surface area contributed by atoms with E-state index in [1.165, 1.54) is 4.90 Å². The molecule has 12 heteroatoms. The highest BCUT2D eigenvalue weighted by Gasteiger charge is 2.39. The molecule has 40 heavy (non-hydrogen) atoms. The predicted octanol–water partition coefficient (Wildman–Crippen LogP) is 1.81. The van der Waals surface area contributed by atoms with Crippen molar-refractivity contribution in [1.29, 1.82) is 0 Å². The highest BCUT2D eigenvalue weighted by molar-refractivity contribution is 6.04. The van der Waals surface area contributed by atoms with Crippen molar-refractivity contribution in [3.63, 3.8) is 0 Å². The van der Waals surface area contributed by atoms with E-state index in [0.29, 0.717) is 30.2 Å². The van der Waals surface area contributed by atoms with Crippen molar-refractivity contribution in [3.05, 3.63) is 54.1 Å². The van der Waals surface area contributed by atoms with Crippen LogP contribution < -0.4 is 20.4 Å². The quantitative estimate of drug-likeness (QED) is 0.470. The van der Waals surface area contributed by atoms with E-state index in [0.717, 1.165) is 5.56 Å². The Morgan fingerprint density at radius 3 is 2.40 bits per heavy atom. The Morgan fingerprint density at radius 2 is 1.73 bits per heavy atom. The van der Waals surface area contributed by atoms with Gasteiger partial charge in [-0.15, -0.1) is 0 Å². The molecule has 2 atom stereocenters. The molecule has 0 saturated carbocycles. The van der Waals surface area contributed by atoms with Crippen molar-refractivity contribution in [2.45, 2.75) is 45.1 Å². The lowest BCUT2D eigenvalue weighted by atomic mass is 10.1. The zero-order chi connectivity index (χ0) is 28.9. The fourth-order valence-electron chi connectivity index (χ4n) is 4.26. The number of amides is 4. The van der Waals surface area contributed by atoms with Gasteiger partial charge in [0.2, 0.25) is 0 Å². The number of anilines is 3. The van der Waals surface area contributed by atoms with Crippen LogP contribution in [0.3, 0.4) is 0 Å². The van der Waals surface area contributed by atoms with Gasteiger partial charge in [0.25, 0.3) is 17.7 Å². The third kappa shape index (κ3) is 7.34. The number of carbonyl (C=O) groups excluding carboxylic acids is 4. The molecule has 0 aromatic heterocycles. The van der Waals surface area contributed by atoms with Crippen molar-refractivity contribution in [1.82, 2.24) is 5.32 Å². The van der Waals surface area contributed by atoms with Gasteiger partial charge >= 0.3 is 6.09 Å². The molecule has 0 unspecified atom stereocenters. The summed E-state index contributed by atoms with van der Waals surface area (Å²) in [5.74, 6) is -1.54. The molecule has 2 aromatic rings. The Labute approximate surface area is 232 Å². The summed E-state index contributed by atoms with van der Waals surface area (Å²) in [5, 5.41) is 16.0. The van der Waals surface area contributed by atoms with Gasteiger partial charge in [-0.05, 0) is 56.7 Å². The molecule has 2 saturated heterocycles. The van der Waals surface area contributed by atoms with Crippen LogP contribution >= 0.6 is 0 Å². The standard InChI is InChI=1S/C28H34N4O8/c1-28(2,3)40-27(37)29-16-18-7-9-19(10-8-18)30-25(35)23(34)24-26(36)32(12-14-39-24)21-6-4-5-20(15-21)31-11-13-38-17-22(31)33/h4-10,15,23-24,34H,11-14,16-17H2,1-3H3,(H,29,37)(H,30,35)/t23-,24-/m1/s1. The van der Waals surface area contributed by atoms with Crippen LogP contribution in [0.4, 0.5) is 21.9 Å². The largest absolute Gasteiger partial charge is 0.444 e. The maximum atomic E-state index is 13.3. The molecule has 2 heterocycles. The van der Waals surface area contributed by atoms with Gasteiger partial charge in [-0.2, -0.15) is 0 Å². The van der Waals surface area contributed by atoms with E-state index in [-0.39, 0.29) is 32.2 Å². The van der Waals surface area contributed by atoms with Gasteiger partial charge in [-0.3, -0.25) is 14.4 Å². The summed E-state index contributed by atoms with van der Waals surface area (Å²) in [6.45, 7) is 6.70. The highest BCUT2D eigenvalue weighted by Crippen LogP contribution is 2.26. The SMILES string of the molecule is CC(C)(C)OC(=O)NCc1ccc(NC(=O)[C@H](O)[C@H]2OCCN(c3cccc(N4CCOCC4=O)c3)C2=O)cc1. The molecule has 4 amide bonds. The number of rotatable bonds is 7. The number of benzene rings is 2. The number of ether oxygens (including phenoxy) is 3. The third-order valence-corrected chi connectivity index (χ3v) is 6.17. The number of carbonyl (C=O) groups is 4. The van der Waals surface area contributed by atoms with Crippen LogP contribution in [0, 0.1) is 0 Å². The zero-order valence-electron chi connectivity index (χ0n) is 22.7. The molecule has 2 aromatic carbocycles. The summed E-state index contributed by atoms with van der Waals surface area (Å²) in [6, 6.07) is 13.6. The van der Waals surface area contributed by atoms with Gasteiger partial charge in [0.05, 0.1) is 13.2 Å². The second-order valence-electron chi connectivity index (χ2n) is 10.4. The second kappa shape index (κ2) is 12.5. The number of hydrogen-bond donors (Lipinski definition) is 3. The number of nitrogens with zero attached hydrogens (tertiary/aromatic N) is 2. The summed E-state index contributed by atoms with van der Waals surface area (Å²) in [6.07, 6.45) is -3.70. The summed E-state index contributed by atoms with van der Waals surface area (Å²) < 4.78 is 15.9. The van der Waals surface area contributed by atoms with E-state index in [2.05, 4.69) is 10.6 Å². The normalized spacial score (nSPS) is 18.8. The monoisotopic (exact) mass is 554 g/mol. The van der Waals surface area contributed by atoms with Crippen molar-refractivity contribution in [3.8, 4) is 0 Å². The Kier molecular flexibility index (Phi) is 9.03. The van der Waals surface area contributed by atoms with E-state index in [9.17, 15) is 24.3 Å². The lowest BCUT2D eigenvalue weighted by molar-refractivity contribution is -0.150. The van der Waals surface area contributed by atoms with Crippen LogP contribution in [0.25, 0.3) is 0 Å². The molecule has 3 N–H and O–H groups in total. The molecular formula is C28H34N4O8. The van der Waals surface area contributed by atoms with Crippen LogP contribution in [0.2, 0.25) is 0 Å². The van der Waals surface area contributed by atoms with Gasteiger partial charge in [0.1, 0.15) is 12.2 Å². The average molecular weight is 555 g/mol. The van der Waals surface area contributed by atoms with Crippen molar-refractivity contribution >= 4 is 40.9 Å². The van der Waals surface area contributed by atoms with E-state index in [4.69, 9.17) is 14.2 Å². The number of nitrogens with one attached hydrogen (secondary N) is 2. The summed E-state index contributed by atoms with van der Waals surface area (Å²) in [5.41, 5.74) is 1.72. The zero-order valence-corrected chi connectivity index (χ0v) is 22.7. The molecule has 2 aliphatic heterocycles. The van der Waals surface area contributed by atoms with Gasteiger partial charge in [0, 0.05) is 36.7 Å².